The van der Waals surface area contributed by atoms with E-state index >= 15 is 0 Å². The molecule has 0 aliphatic rings. The van der Waals surface area contributed by atoms with E-state index in [4.69, 9.17) is 9.47 Å². The average Bonchev–Trinajstić information content (AvgIpc) is 3.01. The number of carbonyl (C=O) groups excluding carboxylic acids is 1. The fourth-order valence-corrected chi connectivity index (χ4v) is 4.66. The second kappa shape index (κ2) is 12.5. The summed E-state index contributed by atoms with van der Waals surface area (Å²) in [4.78, 5) is 29.8. The number of nitrogens with zero attached hydrogens (tertiary/aromatic N) is 1. The number of rotatable bonds is 10. The number of fused-ring (bicyclic) bond motifs is 1. The smallest absolute Gasteiger partial charge is 0.331 e. The molecule has 210 valence electrons. The third-order valence-corrected chi connectivity index (χ3v) is 6.93. The van der Waals surface area contributed by atoms with E-state index in [0.717, 1.165) is 16.7 Å². The first-order valence-corrected chi connectivity index (χ1v) is 13.7. The standard InChI is InChI=1S/C36H31NO5/c1-23(2)29-11-7-8-12-30(29)34(38)32-21-37-33-20-28(41-22-26-9-5-4-6-10-26)17-18-31(33)35(32)42-27-15-13-25(14-16-27)19-24(3)36(39)40/h4-21,23H,22H2,1-3H3,(H,39,40)/b24-19+. The second-order valence-corrected chi connectivity index (χ2v) is 10.3. The normalized spacial score (nSPS) is 11.5. The highest BCUT2D eigenvalue weighted by Crippen LogP contribution is 2.36. The third kappa shape index (κ3) is 6.39. The van der Waals surface area contributed by atoms with Crippen LogP contribution in [0.1, 0.15) is 59.3 Å². The van der Waals surface area contributed by atoms with Crippen molar-refractivity contribution >= 4 is 28.7 Å². The molecule has 0 bridgehead atoms. The molecule has 0 amide bonds. The van der Waals surface area contributed by atoms with Crippen molar-refractivity contribution < 1.29 is 24.2 Å². The molecule has 0 saturated heterocycles. The number of pyridine rings is 1. The van der Waals surface area contributed by atoms with Crippen molar-refractivity contribution in [1.82, 2.24) is 4.98 Å². The maximum atomic E-state index is 14.0. The molecular formula is C36H31NO5. The van der Waals surface area contributed by atoms with Crippen molar-refractivity contribution in [3.05, 3.63) is 137 Å². The molecule has 6 nitrogen and oxygen atoms in total. The van der Waals surface area contributed by atoms with Crippen molar-refractivity contribution in [1.29, 1.82) is 0 Å². The Morgan fingerprint density at radius 2 is 1.55 bits per heavy atom. The first-order valence-electron chi connectivity index (χ1n) is 13.7. The number of aliphatic carboxylic acids is 1. The Bertz CT molecular complexity index is 1770. The van der Waals surface area contributed by atoms with E-state index in [1.54, 1.807) is 43.5 Å². The molecule has 5 aromatic rings. The Morgan fingerprint density at radius 3 is 2.26 bits per heavy atom. The molecule has 0 saturated carbocycles. The Morgan fingerprint density at radius 1 is 0.857 bits per heavy atom. The Labute approximate surface area is 244 Å². The summed E-state index contributed by atoms with van der Waals surface area (Å²) in [6, 6.07) is 30.1. The molecule has 0 spiro atoms. The Balaban J connectivity index is 1.55. The number of hydrogen-bond acceptors (Lipinski definition) is 5. The highest BCUT2D eigenvalue weighted by atomic mass is 16.5. The van der Waals surface area contributed by atoms with Gasteiger partial charge >= 0.3 is 5.97 Å². The Hall–Kier alpha value is -5.23. The lowest BCUT2D eigenvalue weighted by Gasteiger charge is -2.16. The molecule has 42 heavy (non-hydrogen) atoms. The van der Waals surface area contributed by atoms with E-state index in [9.17, 15) is 14.7 Å². The van der Waals surface area contributed by atoms with Crippen LogP contribution in [-0.4, -0.2) is 21.8 Å². The average molecular weight is 558 g/mol. The maximum absolute atomic E-state index is 14.0. The number of carbonyl (C=O) groups is 2. The molecule has 6 heteroatoms. The molecule has 4 aromatic carbocycles. The zero-order valence-corrected chi connectivity index (χ0v) is 23.7. The predicted octanol–water partition coefficient (Wildman–Crippen LogP) is 8.45. The number of ketones is 1. The van der Waals surface area contributed by atoms with Gasteiger partial charge in [0.15, 0.2) is 5.78 Å². The van der Waals surface area contributed by atoms with Gasteiger partial charge in [-0.3, -0.25) is 9.78 Å². The quantitative estimate of drug-likeness (QED) is 0.137. The summed E-state index contributed by atoms with van der Waals surface area (Å²) < 4.78 is 12.4. The van der Waals surface area contributed by atoms with Crippen LogP contribution in [0, 0.1) is 0 Å². The summed E-state index contributed by atoms with van der Waals surface area (Å²) in [6.45, 7) is 6.07. The largest absolute Gasteiger partial charge is 0.489 e. The van der Waals surface area contributed by atoms with Gasteiger partial charge in [-0.25, -0.2) is 4.79 Å². The van der Waals surface area contributed by atoms with Gasteiger partial charge in [0.05, 0.1) is 11.1 Å². The van der Waals surface area contributed by atoms with Gasteiger partial charge in [0, 0.05) is 28.8 Å². The predicted molar refractivity (Wildman–Crippen MR) is 164 cm³/mol. The molecule has 1 aromatic heterocycles. The maximum Gasteiger partial charge on any atom is 0.331 e. The summed E-state index contributed by atoms with van der Waals surface area (Å²) in [5, 5.41) is 9.86. The highest BCUT2D eigenvalue weighted by Gasteiger charge is 2.22. The van der Waals surface area contributed by atoms with Crippen LogP contribution in [0.2, 0.25) is 0 Å². The molecule has 1 heterocycles. The van der Waals surface area contributed by atoms with Crippen molar-refractivity contribution in [3.63, 3.8) is 0 Å². The van der Waals surface area contributed by atoms with Crippen molar-refractivity contribution in [2.24, 2.45) is 0 Å². The van der Waals surface area contributed by atoms with Crippen LogP contribution in [0.5, 0.6) is 17.2 Å². The first kappa shape index (κ1) is 28.3. The van der Waals surface area contributed by atoms with Gasteiger partial charge in [0.25, 0.3) is 0 Å². The minimum atomic E-state index is -0.976. The van der Waals surface area contributed by atoms with Gasteiger partial charge in [-0.2, -0.15) is 0 Å². The van der Waals surface area contributed by atoms with Crippen LogP contribution in [0.4, 0.5) is 0 Å². The molecule has 1 N–H and O–H groups in total. The lowest BCUT2D eigenvalue weighted by molar-refractivity contribution is -0.132. The van der Waals surface area contributed by atoms with E-state index in [0.29, 0.717) is 45.9 Å². The van der Waals surface area contributed by atoms with Crippen molar-refractivity contribution in [2.75, 3.05) is 0 Å². The van der Waals surface area contributed by atoms with Crippen LogP contribution >= 0.6 is 0 Å². The number of aromatic nitrogens is 1. The number of ether oxygens (including phenoxy) is 2. The minimum absolute atomic E-state index is 0.155. The van der Waals surface area contributed by atoms with E-state index in [-0.39, 0.29) is 17.3 Å². The van der Waals surface area contributed by atoms with E-state index < -0.39 is 5.97 Å². The number of carboxylic acid groups (broad SMARTS) is 1. The number of hydrogen-bond donors (Lipinski definition) is 1. The summed E-state index contributed by atoms with van der Waals surface area (Å²) in [5.41, 5.74) is 4.53. The van der Waals surface area contributed by atoms with E-state index in [1.807, 2.05) is 72.8 Å². The zero-order valence-electron chi connectivity index (χ0n) is 23.7. The zero-order chi connectivity index (χ0) is 29.6. The van der Waals surface area contributed by atoms with Gasteiger partial charge in [-0.15, -0.1) is 0 Å². The molecule has 0 atom stereocenters. The lowest BCUT2D eigenvalue weighted by Crippen LogP contribution is -2.09. The van der Waals surface area contributed by atoms with Crippen molar-refractivity contribution in [2.45, 2.75) is 33.3 Å². The third-order valence-electron chi connectivity index (χ3n) is 6.93. The molecule has 0 aliphatic heterocycles. The fraction of sp³-hybridized carbons (Fsp3) is 0.139. The van der Waals surface area contributed by atoms with Crippen LogP contribution in [0.3, 0.4) is 0 Å². The summed E-state index contributed by atoms with van der Waals surface area (Å²) in [6.07, 6.45) is 3.15. The molecule has 0 fully saturated rings. The van der Waals surface area contributed by atoms with Gasteiger partial charge in [-0.1, -0.05) is 80.6 Å². The SMILES string of the molecule is C/C(=C\c1ccc(Oc2c(C(=O)c3ccccc3C(C)C)cnc3cc(OCc4ccccc4)ccc23)cc1)C(=O)O. The Kier molecular flexibility index (Phi) is 8.44. The van der Waals surface area contributed by atoms with Gasteiger partial charge in [-0.05, 0) is 59.9 Å². The van der Waals surface area contributed by atoms with Gasteiger partial charge in [0.2, 0.25) is 0 Å². The molecule has 0 radical (unpaired) electrons. The molecule has 5 rings (SSSR count). The monoisotopic (exact) mass is 557 g/mol. The molecule has 0 aliphatic carbocycles. The van der Waals surface area contributed by atoms with Gasteiger partial charge in [0.1, 0.15) is 23.9 Å². The van der Waals surface area contributed by atoms with Crippen molar-refractivity contribution in [3.8, 4) is 17.2 Å². The lowest BCUT2D eigenvalue weighted by atomic mass is 9.92. The van der Waals surface area contributed by atoms with Crippen LogP contribution in [0.25, 0.3) is 17.0 Å². The van der Waals surface area contributed by atoms with Crippen LogP contribution in [0.15, 0.2) is 109 Å². The highest BCUT2D eigenvalue weighted by molar-refractivity contribution is 6.14. The summed E-state index contributed by atoms with van der Waals surface area (Å²) >= 11 is 0. The fourth-order valence-electron chi connectivity index (χ4n) is 4.66. The summed E-state index contributed by atoms with van der Waals surface area (Å²) in [7, 11) is 0. The van der Waals surface area contributed by atoms with Crippen LogP contribution in [-0.2, 0) is 11.4 Å². The molecular weight excluding hydrogens is 526 g/mol. The first-order chi connectivity index (χ1) is 20.3. The second-order valence-electron chi connectivity index (χ2n) is 10.3. The number of benzene rings is 4. The van der Waals surface area contributed by atoms with E-state index in [2.05, 4.69) is 18.8 Å². The molecule has 0 unspecified atom stereocenters. The van der Waals surface area contributed by atoms with E-state index in [1.165, 1.54) is 0 Å². The topological polar surface area (TPSA) is 85.7 Å². The van der Waals surface area contributed by atoms with Gasteiger partial charge < -0.3 is 14.6 Å². The minimum Gasteiger partial charge on any atom is -0.489 e. The van der Waals surface area contributed by atoms with Crippen LogP contribution < -0.4 is 9.47 Å². The summed E-state index contributed by atoms with van der Waals surface area (Å²) in [5.74, 6) is 0.549. The number of carboxylic acids is 1.